The molecule has 6 rings (SSSR count). The fourth-order valence-corrected chi connectivity index (χ4v) is 17.3. The van der Waals surface area contributed by atoms with E-state index in [1.165, 1.54) is 64.2 Å². The molecule has 0 saturated heterocycles. The van der Waals surface area contributed by atoms with Gasteiger partial charge in [0.05, 0.1) is 0 Å². The maximum atomic E-state index is 5.04. The molecular weight excluding hydrogens is 1420 g/mol. The van der Waals surface area contributed by atoms with Crippen molar-refractivity contribution in [3.05, 3.63) is 0 Å². The van der Waals surface area contributed by atoms with Crippen LogP contribution < -0.4 is 47.9 Å². The van der Waals surface area contributed by atoms with Crippen LogP contribution in [0, 0.1) is 0 Å². The van der Waals surface area contributed by atoms with E-state index >= 15 is 0 Å². The van der Waals surface area contributed by atoms with Crippen molar-refractivity contribution in [3.63, 3.8) is 0 Å². The van der Waals surface area contributed by atoms with E-state index < -0.39 is 0 Å². The Labute approximate surface area is 618 Å². The van der Waals surface area contributed by atoms with Crippen LogP contribution in [0.2, 0.25) is 0 Å². The summed E-state index contributed by atoms with van der Waals surface area (Å²) in [6.45, 7) is 16.5. The zero-order chi connectivity index (χ0) is 67.9. The van der Waals surface area contributed by atoms with Gasteiger partial charge in [-0.1, -0.05) is 224 Å². The topological polar surface area (TPSA) is 312 Å². The predicted molar refractivity (Wildman–Crippen MR) is 426 cm³/mol. The molecule has 0 amide bonds. The number of aromatic nitrogens is 12. The Balaban J connectivity index is 1.02. The number of nitrogens with one attached hydrogen (secondary N) is 9. The van der Waals surface area contributed by atoms with Crippen LogP contribution in [0.15, 0.2) is 56.1 Å². The fraction of sp³-hybridized carbons (Fsp3) is 0.733. The van der Waals surface area contributed by atoms with E-state index in [2.05, 4.69) is 109 Å². The van der Waals surface area contributed by atoms with Crippen LogP contribution in [0.1, 0.15) is 157 Å². The van der Waals surface area contributed by atoms with Crippen molar-refractivity contribution in [2.24, 2.45) is 20.0 Å². The summed E-state index contributed by atoms with van der Waals surface area (Å²) in [5.41, 5.74) is -0.199. The predicted octanol–water partition coefficient (Wildman–Crippen LogP) is 13.9. The fourth-order valence-electron chi connectivity index (χ4n) is 8.27. The number of anilines is 5. The molecule has 0 fully saturated rings. The van der Waals surface area contributed by atoms with Crippen molar-refractivity contribution in [2.75, 3.05) is 137 Å². The van der Waals surface area contributed by atoms with Crippen molar-refractivity contribution in [1.82, 2.24) is 81.1 Å². The molecule has 0 bridgehead atoms. The van der Waals surface area contributed by atoms with E-state index in [4.69, 9.17) is 59.8 Å². The van der Waals surface area contributed by atoms with Gasteiger partial charge in [-0.05, 0) is 50.0 Å². The van der Waals surface area contributed by atoms with Gasteiger partial charge in [0.15, 0.2) is 57.4 Å². The maximum absolute atomic E-state index is 5.04. The van der Waals surface area contributed by atoms with E-state index in [0.29, 0.717) is 101 Å². The SMILES string of the molecule is CCCCCSc1nc(NC)nc(NCCSc2nc(NCCSc3nc(NCCSC4=NC(SCCCCC)NC(NCCSc5nc(NCCSC6=NC(SCCCCC)NC(NC)=N6)nc(SCCCCC)n5)=N4)nc(SCCCCC)n3)nc(SCCCCC)n2)n1. The molecule has 0 radical (unpaired) electrons. The molecule has 6 heterocycles. The molecule has 534 valence electrons. The second kappa shape index (κ2) is 51.8. The summed E-state index contributed by atoms with van der Waals surface area (Å²) in [6, 6.07) is 0. The van der Waals surface area contributed by atoms with Crippen LogP contribution in [0.5, 0.6) is 0 Å². The molecule has 9 N–H and O–H groups in total. The number of aliphatic imine (C=N–C) groups is 4. The molecule has 4 aromatic rings. The van der Waals surface area contributed by atoms with Gasteiger partial charge >= 0.3 is 0 Å². The lowest BCUT2D eigenvalue weighted by atomic mass is 10.3. The Kier molecular flexibility index (Phi) is 44.1. The first kappa shape index (κ1) is 81.7. The lowest BCUT2D eigenvalue weighted by molar-refractivity contribution is 0.764. The Morgan fingerprint density at radius 3 is 0.906 bits per heavy atom. The van der Waals surface area contributed by atoms with Crippen molar-refractivity contribution >= 4 is 181 Å². The summed E-state index contributed by atoms with van der Waals surface area (Å²) in [5, 5.41) is 37.0. The summed E-state index contributed by atoms with van der Waals surface area (Å²) >= 11 is 18.4. The van der Waals surface area contributed by atoms with Crippen molar-refractivity contribution in [2.45, 2.75) is 204 Å². The number of amidine groups is 2. The van der Waals surface area contributed by atoms with Crippen molar-refractivity contribution in [3.8, 4) is 0 Å². The highest BCUT2D eigenvalue weighted by Gasteiger charge is 2.21. The number of unbranched alkanes of at least 4 members (excludes halogenated alkanes) is 12. The summed E-state index contributed by atoms with van der Waals surface area (Å²) < 4.78 is 0. The monoisotopic (exact) mass is 1530 g/mol. The second-order valence-corrected chi connectivity index (χ2v) is 33.4. The summed E-state index contributed by atoms with van der Waals surface area (Å²) in [7, 11) is 3.71. The number of rotatable bonds is 53. The Morgan fingerprint density at radius 1 is 0.281 bits per heavy atom. The maximum Gasteiger partial charge on any atom is 0.228 e. The molecular formula is C60H103N25S11. The highest BCUT2D eigenvalue weighted by atomic mass is 32.2. The highest BCUT2D eigenvalue weighted by molar-refractivity contribution is 8.14. The van der Waals surface area contributed by atoms with E-state index in [-0.39, 0.29) is 11.0 Å². The minimum absolute atomic E-state index is 0.0480. The Morgan fingerprint density at radius 2 is 0.562 bits per heavy atom. The second-order valence-electron chi connectivity index (χ2n) is 21.4. The third-order valence-corrected chi connectivity index (χ3v) is 23.4. The summed E-state index contributed by atoms with van der Waals surface area (Å²) in [5.74, 6) is 13.7. The molecule has 2 unspecified atom stereocenters. The van der Waals surface area contributed by atoms with Crippen LogP contribution in [0.3, 0.4) is 0 Å². The molecule has 0 saturated carbocycles. The van der Waals surface area contributed by atoms with Crippen molar-refractivity contribution in [1.29, 1.82) is 0 Å². The number of hydrogen-bond acceptors (Lipinski definition) is 36. The van der Waals surface area contributed by atoms with Crippen LogP contribution >= 0.6 is 129 Å². The zero-order valence-electron chi connectivity index (χ0n) is 57.3. The summed E-state index contributed by atoms with van der Waals surface area (Å²) in [6.07, 6.45) is 20.9. The molecule has 0 aliphatic carbocycles. The third kappa shape index (κ3) is 35.4. The van der Waals surface area contributed by atoms with E-state index in [1.807, 2.05) is 37.6 Å². The van der Waals surface area contributed by atoms with Gasteiger partial charge < -0.3 is 47.9 Å². The van der Waals surface area contributed by atoms with Gasteiger partial charge in [-0.15, -0.1) is 23.5 Å². The van der Waals surface area contributed by atoms with Crippen molar-refractivity contribution < 1.29 is 0 Å². The minimum Gasteiger partial charge on any atom is -0.359 e. The van der Waals surface area contributed by atoms with E-state index in [0.717, 1.165) is 134 Å². The van der Waals surface area contributed by atoms with Gasteiger partial charge in [0.1, 0.15) is 0 Å². The molecule has 25 nitrogen and oxygen atoms in total. The Bertz CT molecular complexity index is 2920. The standard InChI is InChI=1S/C60H103N25S11/c1-9-15-21-32-86-50-69-43(61-7)68-45(72-50)63-27-38-93-57-77-47(74-53(82-57)88-34-23-17-11-3)65-29-40-95-59-79-49(76-55(84-59)90-36-25-19-13-5)67-31-42-96-60-80-48(75-56(85-60)91-37-26-20-14-6)66-30-41-94-58-78-46(73-54(83-58)89-35-24-18-12-4)64-28-39-92-52-71-44(62-8)70-51(81-52)87-33-22-16-10-2/h51,56H,9-42H2,1-8H3,(H2,62,70,71,81)(H,64,73,78,83)(H,65,74,77,82)(H2,66,75,80,85)(H,67,76,79,84)(H2,61,63,68,69,72). The average molecular weight is 1530 g/mol. The molecule has 4 aromatic heterocycles. The average Bonchev–Trinajstić information content (AvgIpc) is 3.84. The molecule has 0 aromatic carbocycles. The number of thioether (sulfide) groups is 11. The molecule has 2 aliphatic heterocycles. The largest absolute Gasteiger partial charge is 0.359 e. The first-order chi connectivity index (χ1) is 47.2. The van der Waals surface area contributed by atoms with Crippen LogP contribution in [-0.4, -0.2) is 203 Å². The lowest BCUT2D eigenvalue weighted by Crippen LogP contribution is -2.45. The molecule has 36 heteroatoms. The number of hydrogen-bond donors (Lipinski definition) is 9. The van der Waals surface area contributed by atoms with E-state index in [9.17, 15) is 0 Å². The van der Waals surface area contributed by atoms with Gasteiger partial charge in [-0.25, -0.2) is 9.98 Å². The van der Waals surface area contributed by atoms with Gasteiger partial charge in [0.2, 0.25) is 41.7 Å². The van der Waals surface area contributed by atoms with Gasteiger partial charge in [0.25, 0.3) is 0 Å². The van der Waals surface area contributed by atoms with E-state index in [1.54, 1.807) is 106 Å². The normalized spacial score (nSPS) is 14.5. The highest BCUT2D eigenvalue weighted by Crippen LogP contribution is 2.28. The zero-order valence-corrected chi connectivity index (χ0v) is 66.3. The third-order valence-electron chi connectivity index (χ3n) is 13.3. The lowest BCUT2D eigenvalue weighted by Gasteiger charge is -2.22. The first-order valence-corrected chi connectivity index (χ1v) is 45.0. The molecule has 0 spiro atoms. The first-order valence-electron chi connectivity index (χ1n) is 34.0. The smallest absolute Gasteiger partial charge is 0.228 e. The molecule has 2 aliphatic rings. The Hall–Kier alpha value is -3.23. The van der Waals surface area contributed by atoms with Crippen LogP contribution in [-0.2, 0) is 0 Å². The van der Waals surface area contributed by atoms with Crippen LogP contribution in [0.4, 0.5) is 29.7 Å². The molecule has 96 heavy (non-hydrogen) atoms. The quantitative estimate of drug-likeness (QED) is 0.0146. The number of nitrogens with zero attached hydrogens (tertiary/aromatic N) is 16. The van der Waals surface area contributed by atoms with Gasteiger partial charge in [-0.2, -0.15) is 69.8 Å². The van der Waals surface area contributed by atoms with Crippen LogP contribution in [0.25, 0.3) is 0 Å². The summed E-state index contributed by atoms with van der Waals surface area (Å²) in [4.78, 5) is 77.0. The van der Waals surface area contributed by atoms with Gasteiger partial charge in [0, 0.05) is 98.6 Å². The molecule has 2 atom stereocenters. The number of guanidine groups is 2. The van der Waals surface area contributed by atoms with Gasteiger partial charge in [-0.3, -0.25) is 0 Å². The minimum atomic E-state index is -0.151.